The van der Waals surface area contributed by atoms with Crippen LogP contribution in [0.2, 0.25) is 0 Å². The normalized spacial score (nSPS) is 23.6. The molecule has 140 valence electrons. The first-order valence-electron chi connectivity index (χ1n) is 10.5. The molecule has 0 amide bonds. The lowest BCUT2D eigenvalue weighted by Gasteiger charge is -2.35. The summed E-state index contributed by atoms with van der Waals surface area (Å²) in [5.41, 5.74) is 6.28. The highest BCUT2D eigenvalue weighted by Crippen LogP contribution is 2.45. The van der Waals surface area contributed by atoms with Crippen molar-refractivity contribution in [3.05, 3.63) is 77.5 Å². The zero-order valence-electron chi connectivity index (χ0n) is 16.0. The van der Waals surface area contributed by atoms with Gasteiger partial charge in [-0.05, 0) is 43.4 Å². The van der Waals surface area contributed by atoms with Crippen LogP contribution >= 0.6 is 0 Å². The van der Waals surface area contributed by atoms with Crippen molar-refractivity contribution in [2.24, 2.45) is 0 Å². The van der Waals surface area contributed by atoms with Gasteiger partial charge in [0.05, 0.1) is 11.4 Å². The number of benzene rings is 1. The SMILES string of the molecule is c1ccc(-c2ccc(CN3[C@H]4CC[C@H]3c3cnc(C5CC5)nc3C4)cc2)nc1. The summed E-state index contributed by atoms with van der Waals surface area (Å²) in [5, 5.41) is 0. The van der Waals surface area contributed by atoms with Gasteiger partial charge in [-0.1, -0.05) is 30.3 Å². The van der Waals surface area contributed by atoms with E-state index in [0.717, 1.165) is 24.5 Å². The van der Waals surface area contributed by atoms with E-state index in [9.17, 15) is 0 Å². The first kappa shape index (κ1) is 16.4. The molecule has 0 radical (unpaired) electrons. The van der Waals surface area contributed by atoms with Gasteiger partial charge in [0.2, 0.25) is 0 Å². The largest absolute Gasteiger partial charge is 0.289 e. The van der Waals surface area contributed by atoms with Gasteiger partial charge in [-0.15, -0.1) is 0 Å². The maximum absolute atomic E-state index is 4.96. The zero-order chi connectivity index (χ0) is 18.5. The van der Waals surface area contributed by atoms with Gasteiger partial charge >= 0.3 is 0 Å². The number of pyridine rings is 1. The van der Waals surface area contributed by atoms with Crippen LogP contribution < -0.4 is 0 Å². The average Bonchev–Trinajstić information content (AvgIpc) is 3.55. The van der Waals surface area contributed by atoms with E-state index < -0.39 is 0 Å². The Morgan fingerprint density at radius 3 is 2.61 bits per heavy atom. The molecule has 0 spiro atoms. The zero-order valence-corrected chi connectivity index (χ0v) is 16.0. The lowest BCUT2D eigenvalue weighted by atomic mass is 9.98. The van der Waals surface area contributed by atoms with E-state index in [1.807, 2.05) is 18.3 Å². The van der Waals surface area contributed by atoms with E-state index in [-0.39, 0.29) is 0 Å². The van der Waals surface area contributed by atoms with Gasteiger partial charge in [-0.2, -0.15) is 0 Å². The second-order valence-electron chi connectivity index (χ2n) is 8.44. The quantitative estimate of drug-likeness (QED) is 0.671. The van der Waals surface area contributed by atoms with E-state index in [1.165, 1.54) is 48.1 Å². The van der Waals surface area contributed by atoms with Crippen LogP contribution in [0.25, 0.3) is 11.3 Å². The summed E-state index contributed by atoms with van der Waals surface area (Å²) in [5.74, 6) is 1.73. The molecule has 4 nitrogen and oxygen atoms in total. The average molecular weight is 368 g/mol. The Bertz CT molecular complexity index is 995. The molecule has 28 heavy (non-hydrogen) atoms. The molecule has 4 heterocycles. The number of hydrogen-bond donors (Lipinski definition) is 0. The topological polar surface area (TPSA) is 41.9 Å². The lowest BCUT2D eigenvalue weighted by molar-refractivity contribution is 0.166. The fourth-order valence-corrected chi connectivity index (χ4v) is 4.90. The highest BCUT2D eigenvalue weighted by Gasteiger charge is 2.41. The Morgan fingerprint density at radius 2 is 1.82 bits per heavy atom. The molecule has 2 fully saturated rings. The maximum Gasteiger partial charge on any atom is 0.131 e. The summed E-state index contributed by atoms with van der Waals surface area (Å²) in [6.07, 6.45) is 10.1. The lowest BCUT2D eigenvalue weighted by Crippen LogP contribution is -2.37. The number of nitrogens with zero attached hydrogens (tertiary/aromatic N) is 4. The molecule has 0 N–H and O–H groups in total. The molecule has 2 bridgehead atoms. The van der Waals surface area contributed by atoms with Crippen molar-refractivity contribution in [2.75, 3.05) is 0 Å². The third-order valence-electron chi connectivity index (χ3n) is 6.57. The summed E-state index contributed by atoms with van der Waals surface area (Å²) in [7, 11) is 0. The number of fused-ring (bicyclic) bond motifs is 4. The minimum atomic E-state index is 0.484. The molecule has 1 saturated heterocycles. The van der Waals surface area contributed by atoms with Crippen LogP contribution in [0.3, 0.4) is 0 Å². The molecule has 1 saturated carbocycles. The summed E-state index contributed by atoms with van der Waals surface area (Å²) < 4.78 is 0. The van der Waals surface area contributed by atoms with Crippen molar-refractivity contribution in [2.45, 2.75) is 56.7 Å². The number of aromatic nitrogens is 3. The molecule has 3 aliphatic rings. The van der Waals surface area contributed by atoms with E-state index in [2.05, 4.69) is 46.4 Å². The van der Waals surface area contributed by atoms with E-state index in [4.69, 9.17) is 9.97 Å². The van der Waals surface area contributed by atoms with Crippen molar-refractivity contribution >= 4 is 0 Å². The third kappa shape index (κ3) is 2.83. The molecule has 2 atom stereocenters. The van der Waals surface area contributed by atoms with Crippen LogP contribution in [0.5, 0.6) is 0 Å². The number of hydrogen-bond acceptors (Lipinski definition) is 4. The van der Waals surface area contributed by atoms with Crippen LogP contribution in [0.4, 0.5) is 0 Å². The molecule has 1 aliphatic carbocycles. The van der Waals surface area contributed by atoms with Gasteiger partial charge in [0.1, 0.15) is 5.82 Å². The Balaban J connectivity index is 1.23. The highest BCUT2D eigenvalue weighted by molar-refractivity contribution is 5.59. The molecular formula is C24H24N4. The Hall–Kier alpha value is -2.59. The molecule has 6 rings (SSSR count). The van der Waals surface area contributed by atoms with Gasteiger partial charge < -0.3 is 0 Å². The van der Waals surface area contributed by atoms with Crippen molar-refractivity contribution in [1.82, 2.24) is 19.9 Å². The Labute approximate surface area is 165 Å². The minimum absolute atomic E-state index is 0.484. The van der Waals surface area contributed by atoms with Crippen molar-refractivity contribution in [1.29, 1.82) is 0 Å². The first-order chi connectivity index (χ1) is 13.8. The first-order valence-corrected chi connectivity index (χ1v) is 10.5. The second kappa shape index (κ2) is 6.49. The van der Waals surface area contributed by atoms with Crippen LogP contribution in [0, 0.1) is 0 Å². The molecule has 2 aliphatic heterocycles. The van der Waals surface area contributed by atoms with Gasteiger partial charge in [-0.25, -0.2) is 9.97 Å². The van der Waals surface area contributed by atoms with Crippen molar-refractivity contribution in [3.8, 4) is 11.3 Å². The minimum Gasteiger partial charge on any atom is -0.289 e. The van der Waals surface area contributed by atoms with Crippen molar-refractivity contribution in [3.63, 3.8) is 0 Å². The standard InChI is InChI=1S/C24H24N4/c1-2-12-25-21(3-1)17-6-4-16(5-7-17)15-28-19-10-11-23(28)20-14-26-24(18-8-9-18)27-22(20)13-19/h1-7,12,14,18-19,23H,8-11,13,15H2/t19-,23-/m0/s1. The van der Waals surface area contributed by atoms with Crippen LogP contribution in [0.15, 0.2) is 54.9 Å². The molecule has 4 heteroatoms. The highest BCUT2D eigenvalue weighted by atomic mass is 15.2. The summed E-state index contributed by atoms with van der Waals surface area (Å²) >= 11 is 0. The molecule has 0 unspecified atom stereocenters. The van der Waals surface area contributed by atoms with E-state index >= 15 is 0 Å². The van der Waals surface area contributed by atoms with Crippen LogP contribution in [-0.2, 0) is 13.0 Å². The van der Waals surface area contributed by atoms with E-state index in [1.54, 1.807) is 0 Å². The number of rotatable bonds is 4. The third-order valence-corrected chi connectivity index (χ3v) is 6.57. The van der Waals surface area contributed by atoms with Gasteiger partial charge in [0.25, 0.3) is 0 Å². The van der Waals surface area contributed by atoms with Gasteiger partial charge in [-0.3, -0.25) is 9.88 Å². The molecule has 3 aromatic rings. The summed E-state index contributed by atoms with van der Waals surface area (Å²) in [6.45, 7) is 1.00. The fourth-order valence-electron chi connectivity index (χ4n) is 4.90. The molecular weight excluding hydrogens is 344 g/mol. The smallest absolute Gasteiger partial charge is 0.131 e. The monoisotopic (exact) mass is 368 g/mol. The van der Waals surface area contributed by atoms with Crippen LogP contribution in [-0.4, -0.2) is 25.9 Å². The summed E-state index contributed by atoms with van der Waals surface area (Å²) in [4.78, 5) is 16.8. The molecule has 1 aromatic carbocycles. The Morgan fingerprint density at radius 1 is 0.929 bits per heavy atom. The van der Waals surface area contributed by atoms with Gasteiger partial charge in [0.15, 0.2) is 0 Å². The van der Waals surface area contributed by atoms with Crippen LogP contribution in [0.1, 0.15) is 60.3 Å². The second-order valence-corrected chi connectivity index (χ2v) is 8.44. The predicted octanol–water partition coefficient (Wildman–Crippen LogP) is 4.68. The fraction of sp³-hybridized carbons (Fsp3) is 0.375. The molecule has 2 aromatic heterocycles. The van der Waals surface area contributed by atoms with E-state index in [0.29, 0.717) is 18.0 Å². The Kier molecular flexibility index (Phi) is 3.79. The summed E-state index contributed by atoms with van der Waals surface area (Å²) in [6, 6.07) is 16.1. The predicted molar refractivity (Wildman–Crippen MR) is 109 cm³/mol. The van der Waals surface area contributed by atoms with Crippen molar-refractivity contribution < 1.29 is 0 Å². The maximum atomic E-state index is 4.96. The van der Waals surface area contributed by atoms with Gasteiger partial charge in [0, 0.05) is 54.5 Å².